The first kappa shape index (κ1) is 13.8. The summed E-state index contributed by atoms with van der Waals surface area (Å²) in [4.78, 5) is 9.53. The molecule has 2 fully saturated rings. The summed E-state index contributed by atoms with van der Waals surface area (Å²) in [5, 5.41) is 0. The highest BCUT2D eigenvalue weighted by atomic mass is 15.3. The molecule has 2 atom stereocenters. The normalized spacial score (nSPS) is 27.1. The third kappa shape index (κ3) is 2.80. The first-order valence-electron chi connectivity index (χ1n) is 8.15. The van der Waals surface area contributed by atoms with E-state index in [9.17, 15) is 0 Å². The van der Waals surface area contributed by atoms with Gasteiger partial charge in [-0.15, -0.1) is 0 Å². The molecule has 3 N–H and O–H groups in total. The fourth-order valence-electron chi connectivity index (χ4n) is 3.85. The van der Waals surface area contributed by atoms with Crippen molar-refractivity contribution in [3.05, 3.63) is 17.6 Å². The summed E-state index contributed by atoms with van der Waals surface area (Å²) in [6.45, 7) is 2.29. The number of nitrogen functional groups attached to an aromatic ring is 1. The molecule has 4 nitrogen and oxygen atoms in total. The molecule has 0 saturated heterocycles. The highest BCUT2D eigenvalue weighted by molar-refractivity contribution is 5.36. The van der Waals surface area contributed by atoms with Crippen molar-refractivity contribution in [2.75, 3.05) is 5.43 Å². The minimum Gasteiger partial charge on any atom is -0.308 e. The van der Waals surface area contributed by atoms with Gasteiger partial charge in [-0.05, 0) is 38.0 Å². The summed E-state index contributed by atoms with van der Waals surface area (Å²) in [7, 11) is 0. The monoisotopic (exact) mass is 274 g/mol. The van der Waals surface area contributed by atoms with E-state index in [1.54, 1.807) is 0 Å². The number of nitrogens with zero attached hydrogens (tertiary/aromatic N) is 2. The summed E-state index contributed by atoms with van der Waals surface area (Å²) in [5.74, 6) is 9.42. The third-order valence-electron chi connectivity index (χ3n) is 5.17. The molecule has 20 heavy (non-hydrogen) atoms. The molecule has 0 bridgehead atoms. The summed E-state index contributed by atoms with van der Waals surface area (Å²) >= 11 is 0. The average molecular weight is 274 g/mol. The van der Waals surface area contributed by atoms with Gasteiger partial charge in [-0.1, -0.05) is 26.2 Å². The number of rotatable bonds is 4. The van der Waals surface area contributed by atoms with Crippen LogP contribution in [0.3, 0.4) is 0 Å². The molecule has 4 heteroatoms. The fourth-order valence-corrected chi connectivity index (χ4v) is 3.85. The Morgan fingerprint density at radius 1 is 1.15 bits per heavy atom. The van der Waals surface area contributed by atoms with Crippen LogP contribution in [-0.4, -0.2) is 9.97 Å². The zero-order chi connectivity index (χ0) is 13.9. The van der Waals surface area contributed by atoms with Crippen molar-refractivity contribution in [2.45, 2.75) is 70.1 Å². The SMILES string of the molecule is CCC1CCC(c2nc(NN)cc(C3CCCC3)n2)C1. The van der Waals surface area contributed by atoms with Crippen molar-refractivity contribution in [3.8, 4) is 0 Å². The quantitative estimate of drug-likeness (QED) is 0.649. The van der Waals surface area contributed by atoms with E-state index in [-0.39, 0.29) is 0 Å². The summed E-state index contributed by atoms with van der Waals surface area (Å²) < 4.78 is 0. The lowest BCUT2D eigenvalue weighted by atomic mass is 10.0. The lowest BCUT2D eigenvalue weighted by Crippen LogP contribution is -2.14. The maximum Gasteiger partial charge on any atom is 0.143 e. The largest absolute Gasteiger partial charge is 0.308 e. The van der Waals surface area contributed by atoms with Gasteiger partial charge in [-0.25, -0.2) is 15.8 Å². The molecule has 0 amide bonds. The van der Waals surface area contributed by atoms with Crippen molar-refractivity contribution in [1.82, 2.24) is 9.97 Å². The Bertz CT molecular complexity index is 454. The minimum atomic E-state index is 0.536. The third-order valence-corrected chi connectivity index (χ3v) is 5.17. The van der Waals surface area contributed by atoms with Crippen molar-refractivity contribution in [1.29, 1.82) is 0 Å². The Morgan fingerprint density at radius 2 is 1.95 bits per heavy atom. The number of nitrogens with two attached hydrogens (primary N) is 1. The Morgan fingerprint density at radius 3 is 2.60 bits per heavy atom. The van der Waals surface area contributed by atoms with E-state index in [1.165, 1.54) is 57.1 Å². The molecule has 0 spiro atoms. The molecule has 110 valence electrons. The standard InChI is InChI=1S/C16H26N4/c1-2-11-7-8-13(9-11)16-18-14(10-15(19-16)20-17)12-5-3-4-6-12/h10-13H,2-9,17H2,1H3,(H,18,19,20). The first-order valence-corrected chi connectivity index (χ1v) is 8.15. The number of hydrogen-bond acceptors (Lipinski definition) is 4. The summed E-state index contributed by atoms with van der Waals surface area (Å²) in [6.07, 6.45) is 10.3. The van der Waals surface area contributed by atoms with E-state index in [0.717, 1.165) is 17.6 Å². The van der Waals surface area contributed by atoms with Crippen LogP contribution in [0.1, 0.15) is 81.6 Å². The Hall–Kier alpha value is -1.16. The number of nitrogens with one attached hydrogen (secondary N) is 1. The molecule has 1 aromatic heterocycles. The summed E-state index contributed by atoms with van der Waals surface area (Å²) in [6, 6.07) is 2.05. The van der Waals surface area contributed by atoms with Gasteiger partial charge in [0, 0.05) is 23.6 Å². The van der Waals surface area contributed by atoms with Gasteiger partial charge in [0.15, 0.2) is 0 Å². The number of hydrogen-bond donors (Lipinski definition) is 2. The zero-order valence-electron chi connectivity index (χ0n) is 12.4. The van der Waals surface area contributed by atoms with Crippen molar-refractivity contribution in [3.63, 3.8) is 0 Å². The first-order chi connectivity index (χ1) is 9.80. The number of aromatic nitrogens is 2. The van der Waals surface area contributed by atoms with Crippen molar-refractivity contribution in [2.24, 2.45) is 11.8 Å². The topological polar surface area (TPSA) is 63.8 Å². The molecular formula is C16H26N4. The molecule has 0 aromatic carbocycles. The molecule has 2 saturated carbocycles. The van der Waals surface area contributed by atoms with Crippen LogP contribution in [0.15, 0.2) is 6.07 Å². The highest BCUT2D eigenvalue weighted by Crippen LogP contribution is 2.40. The van der Waals surface area contributed by atoms with Crippen LogP contribution in [0.2, 0.25) is 0 Å². The van der Waals surface area contributed by atoms with E-state index < -0.39 is 0 Å². The zero-order valence-corrected chi connectivity index (χ0v) is 12.4. The van der Waals surface area contributed by atoms with Crippen LogP contribution >= 0.6 is 0 Å². The highest BCUT2D eigenvalue weighted by Gasteiger charge is 2.28. The van der Waals surface area contributed by atoms with E-state index in [1.807, 2.05) is 6.07 Å². The Balaban J connectivity index is 1.84. The Kier molecular flexibility index (Phi) is 4.20. The Labute approximate surface area is 121 Å². The molecule has 2 unspecified atom stereocenters. The summed E-state index contributed by atoms with van der Waals surface area (Å²) in [5.41, 5.74) is 3.94. The lowest BCUT2D eigenvalue weighted by Gasteiger charge is -2.15. The van der Waals surface area contributed by atoms with Gasteiger partial charge in [-0.2, -0.15) is 0 Å². The molecule has 2 aliphatic rings. The van der Waals surface area contributed by atoms with Crippen LogP contribution in [0.5, 0.6) is 0 Å². The van der Waals surface area contributed by atoms with Crippen LogP contribution < -0.4 is 11.3 Å². The van der Waals surface area contributed by atoms with Crippen molar-refractivity contribution < 1.29 is 0 Å². The van der Waals surface area contributed by atoms with E-state index in [4.69, 9.17) is 10.8 Å². The molecule has 2 aliphatic carbocycles. The van der Waals surface area contributed by atoms with Gasteiger partial charge in [-0.3, -0.25) is 0 Å². The second-order valence-corrected chi connectivity index (χ2v) is 6.45. The van der Waals surface area contributed by atoms with Gasteiger partial charge in [0.05, 0.1) is 0 Å². The van der Waals surface area contributed by atoms with Gasteiger partial charge < -0.3 is 5.43 Å². The average Bonchev–Trinajstić information content (AvgIpc) is 3.17. The van der Waals surface area contributed by atoms with Gasteiger partial charge in [0.25, 0.3) is 0 Å². The van der Waals surface area contributed by atoms with Gasteiger partial charge >= 0.3 is 0 Å². The maximum absolute atomic E-state index is 5.60. The van der Waals surface area contributed by atoms with E-state index in [2.05, 4.69) is 17.3 Å². The number of hydrazine groups is 1. The molecule has 1 heterocycles. The molecule has 3 rings (SSSR count). The van der Waals surface area contributed by atoms with Crippen LogP contribution in [0, 0.1) is 5.92 Å². The van der Waals surface area contributed by atoms with Crippen LogP contribution in [-0.2, 0) is 0 Å². The number of anilines is 1. The predicted octanol–water partition coefficient (Wildman–Crippen LogP) is 3.71. The second kappa shape index (κ2) is 6.08. The van der Waals surface area contributed by atoms with Crippen LogP contribution in [0.25, 0.3) is 0 Å². The second-order valence-electron chi connectivity index (χ2n) is 6.45. The lowest BCUT2D eigenvalue weighted by molar-refractivity contribution is 0.515. The molecule has 0 radical (unpaired) electrons. The van der Waals surface area contributed by atoms with Gasteiger partial charge in [0.2, 0.25) is 0 Å². The smallest absolute Gasteiger partial charge is 0.143 e. The minimum absolute atomic E-state index is 0.536. The van der Waals surface area contributed by atoms with Crippen molar-refractivity contribution >= 4 is 5.82 Å². The molecule has 1 aromatic rings. The van der Waals surface area contributed by atoms with Gasteiger partial charge in [0.1, 0.15) is 11.6 Å². The van der Waals surface area contributed by atoms with Crippen LogP contribution in [0.4, 0.5) is 5.82 Å². The maximum atomic E-state index is 5.60. The van der Waals surface area contributed by atoms with E-state index in [0.29, 0.717) is 11.8 Å². The fraction of sp³-hybridized carbons (Fsp3) is 0.750. The molecular weight excluding hydrogens is 248 g/mol. The molecule has 0 aliphatic heterocycles. The van der Waals surface area contributed by atoms with E-state index >= 15 is 0 Å². The predicted molar refractivity (Wildman–Crippen MR) is 81.4 cm³/mol.